The lowest BCUT2D eigenvalue weighted by Gasteiger charge is -2.06. The summed E-state index contributed by atoms with van der Waals surface area (Å²) in [5, 5.41) is 9.13. The molecule has 0 saturated carbocycles. The molecule has 0 aliphatic rings. The van der Waals surface area contributed by atoms with Crippen LogP contribution >= 0.6 is 0 Å². The molecule has 0 bridgehead atoms. The van der Waals surface area contributed by atoms with E-state index in [-0.39, 0.29) is 5.91 Å². The third-order valence-corrected chi connectivity index (χ3v) is 2.96. The quantitative estimate of drug-likeness (QED) is 0.757. The number of nitrogens with zero attached hydrogens (tertiary/aromatic N) is 2. The van der Waals surface area contributed by atoms with Crippen molar-refractivity contribution in [2.24, 2.45) is 0 Å². The Kier molecular flexibility index (Phi) is 4.10. The summed E-state index contributed by atoms with van der Waals surface area (Å²) in [7, 11) is 0. The number of aromatic amines is 1. The molecule has 0 atom stereocenters. The molecule has 3 aromatic rings. The molecular weight excluding hydrogens is 280 g/mol. The maximum atomic E-state index is 11.8. The molecule has 0 fully saturated rings. The summed E-state index contributed by atoms with van der Waals surface area (Å²) in [5.41, 5.74) is 1.31. The summed E-state index contributed by atoms with van der Waals surface area (Å²) < 4.78 is 5.61. The summed E-state index contributed by atoms with van der Waals surface area (Å²) >= 11 is 0. The van der Waals surface area contributed by atoms with Gasteiger partial charge in [0.1, 0.15) is 11.4 Å². The number of ether oxygens (including phenoxy) is 1. The average Bonchev–Trinajstić information content (AvgIpc) is 3.09. The zero-order valence-electron chi connectivity index (χ0n) is 11.7. The highest BCUT2D eigenvalue weighted by atomic mass is 16.5. The maximum Gasteiger partial charge on any atom is 0.269 e. The standard InChI is InChI=1S/C16H14N4O2/c21-16(14-8-9-19-20-14)18-11-12-6-7-15(17-10-12)22-13-4-2-1-3-5-13/h1-10H,11H2,(H,18,21)(H,19,20). The van der Waals surface area contributed by atoms with E-state index in [1.807, 2.05) is 36.4 Å². The Morgan fingerprint density at radius 3 is 2.68 bits per heavy atom. The molecule has 3 rings (SSSR count). The molecule has 1 aromatic carbocycles. The predicted octanol–water partition coefficient (Wildman–Crippen LogP) is 2.53. The van der Waals surface area contributed by atoms with Crippen LogP contribution in [0.4, 0.5) is 0 Å². The number of H-pyrrole nitrogens is 1. The highest BCUT2D eigenvalue weighted by molar-refractivity contribution is 5.91. The normalized spacial score (nSPS) is 10.2. The fourth-order valence-electron chi connectivity index (χ4n) is 1.85. The van der Waals surface area contributed by atoms with Crippen LogP contribution in [-0.4, -0.2) is 21.1 Å². The summed E-state index contributed by atoms with van der Waals surface area (Å²) in [6.45, 7) is 0.385. The lowest BCUT2D eigenvalue weighted by atomic mass is 10.3. The van der Waals surface area contributed by atoms with E-state index in [2.05, 4.69) is 20.5 Å². The molecule has 0 radical (unpaired) electrons. The molecule has 6 nitrogen and oxygen atoms in total. The second-order valence-electron chi connectivity index (χ2n) is 4.57. The van der Waals surface area contributed by atoms with Gasteiger partial charge in [-0.15, -0.1) is 0 Å². The van der Waals surface area contributed by atoms with Crippen molar-refractivity contribution in [3.05, 3.63) is 72.2 Å². The molecule has 0 spiro atoms. The number of aromatic nitrogens is 3. The summed E-state index contributed by atoms with van der Waals surface area (Å²) in [6, 6.07) is 14.7. The average molecular weight is 294 g/mol. The number of pyridine rings is 1. The second-order valence-corrected chi connectivity index (χ2v) is 4.57. The van der Waals surface area contributed by atoms with Gasteiger partial charge in [-0.25, -0.2) is 4.98 Å². The lowest BCUT2D eigenvalue weighted by molar-refractivity contribution is 0.0946. The summed E-state index contributed by atoms with van der Waals surface area (Å²) in [4.78, 5) is 16.0. The van der Waals surface area contributed by atoms with E-state index in [1.165, 1.54) is 6.20 Å². The van der Waals surface area contributed by atoms with Crippen molar-refractivity contribution in [3.8, 4) is 11.6 Å². The molecule has 2 heterocycles. The number of hydrogen-bond acceptors (Lipinski definition) is 4. The highest BCUT2D eigenvalue weighted by Crippen LogP contribution is 2.18. The first kappa shape index (κ1) is 13.8. The van der Waals surface area contributed by atoms with Crippen LogP contribution in [0.25, 0.3) is 0 Å². The Morgan fingerprint density at radius 1 is 1.14 bits per heavy atom. The van der Waals surface area contributed by atoms with E-state index in [0.29, 0.717) is 18.1 Å². The van der Waals surface area contributed by atoms with Gasteiger partial charge in [-0.2, -0.15) is 5.10 Å². The second kappa shape index (κ2) is 6.53. The van der Waals surface area contributed by atoms with Crippen LogP contribution in [0.1, 0.15) is 16.1 Å². The number of carbonyl (C=O) groups is 1. The molecular formula is C16H14N4O2. The lowest BCUT2D eigenvalue weighted by Crippen LogP contribution is -2.23. The maximum absolute atomic E-state index is 11.8. The van der Waals surface area contributed by atoms with E-state index < -0.39 is 0 Å². The Balaban J connectivity index is 1.56. The van der Waals surface area contributed by atoms with E-state index in [0.717, 1.165) is 11.3 Å². The van der Waals surface area contributed by atoms with Crippen molar-refractivity contribution in [1.29, 1.82) is 0 Å². The third kappa shape index (κ3) is 3.49. The Labute approximate surface area is 127 Å². The van der Waals surface area contributed by atoms with Crippen molar-refractivity contribution in [2.75, 3.05) is 0 Å². The molecule has 22 heavy (non-hydrogen) atoms. The zero-order valence-corrected chi connectivity index (χ0v) is 11.7. The Hall–Kier alpha value is -3.15. The van der Waals surface area contributed by atoms with Crippen LogP contribution in [0.15, 0.2) is 60.9 Å². The van der Waals surface area contributed by atoms with Crippen LogP contribution in [0.2, 0.25) is 0 Å². The summed E-state index contributed by atoms with van der Waals surface area (Å²) in [5.74, 6) is 1.03. The van der Waals surface area contributed by atoms with E-state index >= 15 is 0 Å². The van der Waals surface area contributed by atoms with Crippen LogP contribution < -0.4 is 10.1 Å². The van der Waals surface area contributed by atoms with Crippen LogP contribution in [0.5, 0.6) is 11.6 Å². The van der Waals surface area contributed by atoms with Crippen molar-refractivity contribution in [1.82, 2.24) is 20.5 Å². The molecule has 2 aromatic heterocycles. The molecule has 0 unspecified atom stereocenters. The van der Waals surface area contributed by atoms with Crippen molar-refractivity contribution in [2.45, 2.75) is 6.54 Å². The van der Waals surface area contributed by atoms with Gasteiger partial charge in [0.05, 0.1) is 0 Å². The number of rotatable bonds is 5. The predicted molar refractivity (Wildman–Crippen MR) is 80.5 cm³/mol. The van der Waals surface area contributed by atoms with Gasteiger partial charge in [-0.05, 0) is 23.8 Å². The minimum atomic E-state index is -0.206. The van der Waals surface area contributed by atoms with E-state index in [1.54, 1.807) is 18.3 Å². The van der Waals surface area contributed by atoms with Gasteiger partial charge in [-0.3, -0.25) is 9.89 Å². The molecule has 2 N–H and O–H groups in total. The monoisotopic (exact) mass is 294 g/mol. The first-order chi connectivity index (χ1) is 10.8. The number of benzene rings is 1. The topological polar surface area (TPSA) is 79.9 Å². The zero-order chi connectivity index (χ0) is 15.2. The molecule has 1 amide bonds. The van der Waals surface area contributed by atoms with Crippen LogP contribution in [0.3, 0.4) is 0 Å². The van der Waals surface area contributed by atoms with Crippen LogP contribution in [0, 0.1) is 0 Å². The first-order valence-electron chi connectivity index (χ1n) is 6.77. The van der Waals surface area contributed by atoms with E-state index in [9.17, 15) is 4.79 Å². The van der Waals surface area contributed by atoms with Crippen molar-refractivity contribution in [3.63, 3.8) is 0 Å². The molecule has 0 aliphatic heterocycles. The van der Waals surface area contributed by atoms with Crippen molar-refractivity contribution >= 4 is 5.91 Å². The minimum Gasteiger partial charge on any atom is -0.439 e. The Morgan fingerprint density at radius 2 is 2.00 bits per heavy atom. The molecule has 0 saturated heterocycles. The van der Waals surface area contributed by atoms with E-state index in [4.69, 9.17) is 4.74 Å². The number of hydrogen-bond donors (Lipinski definition) is 2. The third-order valence-electron chi connectivity index (χ3n) is 2.96. The van der Waals surface area contributed by atoms with Crippen molar-refractivity contribution < 1.29 is 9.53 Å². The van der Waals surface area contributed by atoms with Gasteiger partial charge >= 0.3 is 0 Å². The molecule has 0 aliphatic carbocycles. The number of carbonyl (C=O) groups excluding carboxylic acids is 1. The van der Waals surface area contributed by atoms with Gasteiger partial charge in [0.15, 0.2) is 0 Å². The van der Waals surface area contributed by atoms with Gasteiger partial charge in [0, 0.05) is 25.0 Å². The van der Waals surface area contributed by atoms with Gasteiger partial charge in [0.2, 0.25) is 5.88 Å². The smallest absolute Gasteiger partial charge is 0.269 e. The largest absolute Gasteiger partial charge is 0.439 e. The molecule has 110 valence electrons. The SMILES string of the molecule is O=C(NCc1ccc(Oc2ccccc2)nc1)c1ccn[nH]1. The van der Waals surface area contributed by atoms with Gasteiger partial charge in [-0.1, -0.05) is 24.3 Å². The number of amides is 1. The number of nitrogens with one attached hydrogen (secondary N) is 2. The first-order valence-corrected chi connectivity index (χ1v) is 6.77. The van der Waals surface area contributed by atoms with Crippen LogP contribution in [-0.2, 0) is 6.54 Å². The van der Waals surface area contributed by atoms with Gasteiger partial charge < -0.3 is 10.1 Å². The fraction of sp³-hybridized carbons (Fsp3) is 0.0625. The Bertz CT molecular complexity index is 725. The minimum absolute atomic E-state index is 0.206. The summed E-state index contributed by atoms with van der Waals surface area (Å²) in [6.07, 6.45) is 3.21. The number of para-hydroxylation sites is 1. The fourth-order valence-corrected chi connectivity index (χ4v) is 1.85. The molecule has 6 heteroatoms. The highest BCUT2D eigenvalue weighted by Gasteiger charge is 2.06. The van der Waals surface area contributed by atoms with Gasteiger partial charge in [0.25, 0.3) is 5.91 Å².